The van der Waals surface area contributed by atoms with Crippen molar-refractivity contribution in [3.8, 4) is 5.75 Å². The third-order valence-electron chi connectivity index (χ3n) is 4.95. The largest absolute Gasteiger partial charge is 0.486 e. The van der Waals surface area contributed by atoms with Crippen molar-refractivity contribution in [3.05, 3.63) is 41.5 Å². The molecule has 1 fully saturated rings. The van der Waals surface area contributed by atoms with E-state index in [9.17, 15) is 9.90 Å². The van der Waals surface area contributed by atoms with Crippen LogP contribution >= 0.6 is 0 Å². The highest BCUT2D eigenvalue weighted by molar-refractivity contribution is 5.76. The molecule has 1 N–H and O–H groups in total. The summed E-state index contributed by atoms with van der Waals surface area (Å²) in [7, 11) is 0. The van der Waals surface area contributed by atoms with Crippen LogP contribution in [0.1, 0.15) is 57.2 Å². The number of piperidine rings is 1. The van der Waals surface area contributed by atoms with Crippen LogP contribution in [0.4, 0.5) is 0 Å². The predicted molar refractivity (Wildman–Crippen MR) is 106 cm³/mol. The van der Waals surface area contributed by atoms with Crippen molar-refractivity contribution in [2.45, 2.75) is 65.1 Å². The minimum Gasteiger partial charge on any atom is -0.486 e. The number of nitrogens with zero attached hydrogens (tertiary/aromatic N) is 4. The molecule has 0 radical (unpaired) electrons. The second-order valence-electron chi connectivity index (χ2n) is 8.23. The van der Waals surface area contributed by atoms with Gasteiger partial charge in [0.25, 0.3) is 0 Å². The Morgan fingerprint density at radius 3 is 2.57 bits per heavy atom. The summed E-state index contributed by atoms with van der Waals surface area (Å²) in [5.74, 6) is 2.15. The number of ether oxygens (including phenoxy) is 1. The lowest BCUT2D eigenvalue weighted by molar-refractivity contribution is -0.134. The van der Waals surface area contributed by atoms with E-state index in [-0.39, 0.29) is 24.5 Å². The molecule has 152 valence electrons. The fourth-order valence-electron chi connectivity index (χ4n) is 3.28. The molecule has 0 saturated carbocycles. The molecule has 0 atom stereocenters. The third kappa shape index (κ3) is 5.10. The van der Waals surface area contributed by atoms with Gasteiger partial charge in [-0.2, -0.15) is 5.10 Å². The Morgan fingerprint density at radius 1 is 1.18 bits per heavy atom. The number of amides is 1. The molecule has 1 aliphatic heterocycles. The number of carbonyl (C=O) groups excluding carboxylic acids is 1. The lowest BCUT2D eigenvalue weighted by Crippen LogP contribution is -2.35. The van der Waals surface area contributed by atoms with Gasteiger partial charge in [-0.15, -0.1) is 0 Å². The molecule has 7 heteroatoms. The summed E-state index contributed by atoms with van der Waals surface area (Å²) in [6, 6.07) is 8.05. The highest BCUT2D eigenvalue weighted by Gasteiger charge is 2.21. The number of aromatic nitrogens is 3. The van der Waals surface area contributed by atoms with Crippen LogP contribution in [0.25, 0.3) is 0 Å². The van der Waals surface area contributed by atoms with Crippen molar-refractivity contribution in [2.75, 3.05) is 13.2 Å². The normalized spacial score (nSPS) is 15.1. The van der Waals surface area contributed by atoms with Crippen LogP contribution in [0.2, 0.25) is 0 Å². The molecular weight excluding hydrogens is 356 g/mol. The first-order chi connectivity index (χ1) is 13.4. The fraction of sp³-hybridized carbons (Fsp3) is 0.571. The average Bonchev–Trinajstić information content (AvgIpc) is 3.03. The Kier molecular flexibility index (Phi) is 6.34. The van der Waals surface area contributed by atoms with E-state index in [2.05, 4.69) is 43.0 Å². The Morgan fingerprint density at radius 2 is 1.93 bits per heavy atom. The molecule has 1 saturated heterocycles. The Labute approximate surface area is 166 Å². The van der Waals surface area contributed by atoms with E-state index in [4.69, 9.17) is 4.74 Å². The van der Waals surface area contributed by atoms with Gasteiger partial charge in [0, 0.05) is 13.0 Å². The summed E-state index contributed by atoms with van der Waals surface area (Å²) in [5, 5.41) is 13.8. The summed E-state index contributed by atoms with van der Waals surface area (Å²) in [5.41, 5.74) is 1.35. The number of rotatable bonds is 7. The number of hydrogen-bond acceptors (Lipinski definition) is 5. The number of carbonyl (C=O) groups is 1. The lowest BCUT2D eigenvalue weighted by Gasteiger charge is -2.26. The molecule has 28 heavy (non-hydrogen) atoms. The van der Waals surface area contributed by atoms with E-state index < -0.39 is 0 Å². The van der Waals surface area contributed by atoms with Crippen LogP contribution in [0.15, 0.2) is 24.3 Å². The van der Waals surface area contributed by atoms with Gasteiger partial charge >= 0.3 is 0 Å². The van der Waals surface area contributed by atoms with Crippen LogP contribution in [0.5, 0.6) is 5.75 Å². The molecule has 0 aliphatic carbocycles. The van der Waals surface area contributed by atoms with Crippen LogP contribution in [0, 0.1) is 0 Å². The molecular formula is C21H30N4O3. The molecule has 1 aromatic heterocycles. The summed E-state index contributed by atoms with van der Waals surface area (Å²) < 4.78 is 7.51. The first kappa shape index (κ1) is 20.3. The number of hydrogen-bond donors (Lipinski definition) is 1. The summed E-state index contributed by atoms with van der Waals surface area (Å²) in [6.45, 7) is 8.26. The quantitative estimate of drug-likeness (QED) is 0.791. The van der Waals surface area contributed by atoms with Gasteiger partial charge in [0.15, 0.2) is 5.82 Å². The first-order valence-electron chi connectivity index (χ1n) is 9.91. The summed E-state index contributed by atoms with van der Waals surface area (Å²) >= 11 is 0. The molecule has 1 aliphatic rings. The van der Waals surface area contributed by atoms with Crippen LogP contribution in [-0.4, -0.2) is 43.8 Å². The standard InChI is InChI=1S/C21H30N4O3/c1-21(2,3)16-7-9-17(10-8-16)28-15-18-22-19(25(23-18)12-13-26)14-24-11-5-4-6-20(24)27/h7-10,26H,4-6,11-15H2,1-3H3. The molecule has 0 unspecified atom stereocenters. The third-order valence-corrected chi connectivity index (χ3v) is 4.95. The van der Waals surface area contributed by atoms with Gasteiger partial charge in [-0.3, -0.25) is 4.79 Å². The van der Waals surface area contributed by atoms with Crippen molar-refractivity contribution >= 4 is 5.91 Å². The van der Waals surface area contributed by atoms with E-state index in [1.54, 1.807) is 4.68 Å². The summed E-state index contributed by atoms with van der Waals surface area (Å²) in [6.07, 6.45) is 2.56. The van der Waals surface area contributed by atoms with E-state index in [0.29, 0.717) is 31.2 Å². The van der Waals surface area contributed by atoms with Gasteiger partial charge in [-0.25, -0.2) is 9.67 Å². The van der Waals surface area contributed by atoms with Gasteiger partial charge in [-0.05, 0) is 36.0 Å². The predicted octanol–water partition coefficient (Wildman–Crippen LogP) is 2.66. The van der Waals surface area contributed by atoms with Crippen molar-refractivity contribution < 1.29 is 14.6 Å². The van der Waals surface area contributed by atoms with Crippen LogP contribution < -0.4 is 4.74 Å². The number of aliphatic hydroxyl groups is 1. The van der Waals surface area contributed by atoms with E-state index in [1.165, 1.54) is 5.56 Å². The maximum absolute atomic E-state index is 12.1. The molecule has 3 rings (SSSR count). The van der Waals surface area contributed by atoms with Crippen molar-refractivity contribution in [2.24, 2.45) is 0 Å². The van der Waals surface area contributed by atoms with E-state index in [0.717, 1.165) is 25.1 Å². The van der Waals surface area contributed by atoms with Crippen molar-refractivity contribution in [1.82, 2.24) is 19.7 Å². The molecule has 2 heterocycles. The second kappa shape index (κ2) is 8.73. The molecule has 0 bridgehead atoms. The van der Waals surface area contributed by atoms with E-state index >= 15 is 0 Å². The number of aliphatic hydroxyl groups excluding tert-OH is 1. The zero-order valence-electron chi connectivity index (χ0n) is 17.0. The van der Waals surface area contributed by atoms with Crippen LogP contribution in [-0.2, 0) is 29.9 Å². The zero-order valence-corrected chi connectivity index (χ0v) is 17.0. The smallest absolute Gasteiger partial charge is 0.222 e. The molecule has 7 nitrogen and oxygen atoms in total. The van der Waals surface area contributed by atoms with Gasteiger partial charge in [0.05, 0.1) is 19.7 Å². The Hall–Kier alpha value is -2.41. The van der Waals surface area contributed by atoms with Gasteiger partial charge in [0.1, 0.15) is 18.2 Å². The minimum atomic E-state index is -0.0289. The Bertz CT molecular complexity index is 793. The first-order valence-corrected chi connectivity index (χ1v) is 9.91. The Balaban J connectivity index is 1.66. The van der Waals surface area contributed by atoms with E-state index in [1.807, 2.05) is 17.0 Å². The second-order valence-corrected chi connectivity index (χ2v) is 8.23. The minimum absolute atomic E-state index is 0.0289. The average molecular weight is 386 g/mol. The highest BCUT2D eigenvalue weighted by atomic mass is 16.5. The van der Waals surface area contributed by atoms with Gasteiger partial charge < -0.3 is 14.7 Å². The van der Waals surface area contributed by atoms with Crippen molar-refractivity contribution in [1.29, 1.82) is 0 Å². The van der Waals surface area contributed by atoms with Crippen molar-refractivity contribution in [3.63, 3.8) is 0 Å². The monoisotopic (exact) mass is 386 g/mol. The zero-order chi connectivity index (χ0) is 20.1. The molecule has 1 aromatic carbocycles. The molecule has 2 aromatic rings. The molecule has 0 spiro atoms. The van der Waals surface area contributed by atoms with Gasteiger partial charge in [0.2, 0.25) is 5.91 Å². The van der Waals surface area contributed by atoms with Crippen LogP contribution in [0.3, 0.4) is 0 Å². The maximum atomic E-state index is 12.1. The fourth-order valence-corrected chi connectivity index (χ4v) is 3.28. The van der Waals surface area contributed by atoms with Gasteiger partial charge in [-0.1, -0.05) is 32.9 Å². The SMILES string of the molecule is CC(C)(C)c1ccc(OCc2nc(CN3CCCCC3=O)n(CCO)n2)cc1. The number of benzene rings is 1. The highest BCUT2D eigenvalue weighted by Crippen LogP contribution is 2.24. The lowest BCUT2D eigenvalue weighted by atomic mass is 9.87. The maximum Gasteiger partial charge on any atom is 0.222 e. The topological polar surface area (TPSA) is 80.5 Å². The molecule has 1 amide bonds. The summed E-state index contributed by atoms with van der Waals surface area (Å²) in [4.78, 5) is 18.4. The number of likely N-dealkylation sites (tertiary alicyclic amines) is 1.